The summed E-state index contributed by atoms with van der Waals surface area (Å²) in [5, 5.41) is 8.90. The van der Waals surface area contributed by atoms with Crippen LogP contribution in [0.25, 0.3) is 0 Å². The van der Waals surface area contributed by atoms with Crippen LogP contribution in [0.1, 0.15) is 12.8 Å². The molecule has 1 N–H and O–H groups in total. The molecule has 1 aliphatic rings. The molecular formula is C10H14N2O3S. The third-order valence-corrected chi connectivity index (χ3v) is 4.45. The van der Waals surface area contributed by atoms with Gasteiger partial charge in [-0.15, -0.1) is 0 Å². The van der Waals surface area contributed by atoms with Gasteiger partial charge >= 0.3 is 0 Å². The van der Waals surface area contributed by atoms with E-state index >= 15 is 0 Å². The Hall–Kier alpha value is -0.980. The molecule has 0 radical (unpaired) electrons. The molecule has 0 saturated heterocycles. The fourth-order valence-electron chi connectivity index (χ4n) is 1.60. The molecule has 0 spiro atoms. The van der Waals surface area contributed by atoms with Gasteiger partial charge in [0.2, 0.25) is 10.0 Å². The Labute approximate surface area is 94.8 Å². The lowest BCUT2D eigenvalue weighted by molar-refractivity contribution is 0.250. The molecule has 0 aromatic carbocycles. The van der Waals surface area contributed by atoms with Crippen LogP contribution < -0.4 is 0 Å². The van der Waals surface area contributed by atoms with E-state index in [9.17, 15) is 8.42 Å². The predicted octanol–water partition coefficient (Wildman–Crippen LogP) is 0.227. The molecule has 5 nitrogen and oxygen atoms in total. The number of aliphatic hydroxyl groups is 1. The first-order chi connectivity index (χ1) is 7.66. The summed E-state index contributed by atoms with van der Waals surface area (Å²) in [5.41, 5.74) is 0. The summed E-state index contributed by atoms with van der Waals surface area (Å²) in [7, 11) is -3.49. The molecule has 6 heteroatoms. The maximum Gasteiger partial charge on any atom is 0.244 e. The molecule has 1 aromatic heterocycles. The zero-order valence-corrected chi connectivity index (χ0v) is 9.60. The van der Waals surface area contributed by atoms with E-state index < -0.39 is 10.0 Å². The SMILES string of the molecule is O=S(=O)(c1cccnc1)N(CCO)C1CC1. The van der Waals surface area contributed by atoms with Crippen molar-refractivity contribution in [3.63, 3.8) is 0 Å². The number of aliphatic hydroxyl groups excluding tert-OH is 1. The smallest absolute Gasteiger partial charge is 0.244 e. The summed E-state index contributed by atoms with van der Waals surface area (Å²) >= 11 is 0. The van der Waals surface area contributed by atoms with Crippen LogP contribution in [0.5, 0.6) is 0 Å². The Morgan fingerprint density at radius 2 is 2.25 bits per heavy atom. The number of nitrogens with zero attached hydrogens (tertiary/aromatic N) is 2. The van der Waals surface area contributed by atoms with Gasteiger partial charge in [-0.25, -0.2) is 8.42 Å². The molecular weight excluding hydrogens is 228 g/mol. The maximum atomic E-state index is 12.2. The van der Waals surface area contributed by atoms with Gasteiger partial charge in [0.25, 0.3) is 0 Å². The van der Waals surface area contributed by atoms with Crippen molar-refractivity contribution in [1.29, 1.82) is 0 Å². The van der Waals surface area contributed by atoms with E-state index in [4.69, 9.17) is 5.11 Å². The van der Waals surface area contributed by atoms with Crippen LogP contribution >= 0.6 is 0 Å². The van der Waals surface area contributed by atoms with Gasteiger partial charge in [-0.05, 0) is 25.0 Å². The van der Waals surface area contributed by atoms with E-state index in [1.54, 1.807) is 6.07 Å². The second-order valence-electron chi connectivity index (χ2n) is 3.76. The molecule has 0 amide bonds. The number of hydrogen-bond acceptors (Lipinski definition) is 4. The van der Waals surface area contributed by atoms with Crippen molar-refractivity contribution in [2.24, 2.45) is 0 Å². The Morgan fingerprint density at radius 3 is 2.75 bits per heavy atom. The zero-order valence-electron chi connectivity index (χ0n) is 8.78. The lowest BCUT2D eigenvalue weighted by atomic mass is 10.5. The minimum atomic E-state index is -3.49. The summed E-state index contributed by atoms with van der Waals surface area (Å²) in [6.45, 7) is -0.00210. The van der Waals surface area contributed by atoms with Gasteiger partial charge in [-0.1, -0.05) is 0 Å². The van der Waals surface area contributed by atoms with Gasteiger partial charge in [0.1, 0.15) is 4.90 Å². The Balaban J connectivity index is 2.29. The standard InChI is InChI=1S/C10H14N2O3S/c13-7-6-12(9-3-4-9)16(14,15)10-2-1-5-11-8-10/h1-2,5,8-9,13H,3-4,6-7H2. The fourth-order valence-corrected chi connectivity index (χ4v) is 3.24. The van der Waals surface area contributed by atoms with Gasteiger partial charge in [0.15, 0.2) is 0 Å². The Morgan fingerprint density at radius 1 is 1.50 bits per heavy atom. The molecule has 2 rings (SSSR count). The minimum Gasteiger partial charge on any atom is -0.395 e. The number of pyridine rings is 1. The van der Waals surface area contributed by atoms with Crippen molar-refractivity contribution >= 4 is 10.0 Å². The molecule has 1 saturated carbocycles. The van der Waals surface area contributed by atoms with Crippen LogP contribution in [-0.2, 0) is 10.0 Å². The highest BCUT2D eigenvalue weighted by atomic mass is 32.2. The number of rotatable bonds is 5. The molecule has 88 valence electrons. The van der Waals surface area contributed by atoms with Crippen LogP contribution in [0.4, 0.5) is 0 Å². The molecule has 0 atom stereocenters. The average Bonchev–Trinajstić information content (AvgIpc) is 3.11. The lowest BCUT2D eigenvalue weighted by Crippen LogP contribution is -2.35. The van der Waals surface area contributed by atoms with Crippen LogP contribution in [-0.4, -0.2) is 42.0 Å². The van der Waals surface area contributed by atoms with Gasteiger partial charge in [-0.3, -0.25) is 4.98 Å². The summed E-state index contributed by atoms with van der Waals surface area (Å²) in [5.74, 6) is 0. The summed E-state index contributed by atoms with van der Waals surface area (Å²) in [6, 6.07) is 3.17. The van der Waals surface area contributed by atoms with E-state index in [2.05, 4.69) is 4.98 Å². The van der Waals surface area contributed by atoms with Gasteiger partial charge < -0.3 is 5.11 Å². The lowest BCUT2D eigenvalue weighted by Gasteiger charge is -2.20. The van der Waals surface area contributed by atoms with Gasteiger partial charge in [0.05, 0.1) is 6.61 Å². The Bertz CT molecular complexity index is 442. The molecule has 1 heterocycles. The highest BCUT2D eigenvalue weighted by Gasteiger charge is 2.37. The van der Waals surface area contributed by atoms with Crippen LogP contribution in [0.15, 0.2) is 29.4 Å². The average molecular weight is 242 g/mol. The molecule has 1 fully saturated rings. The van der Waals surface area contributed by atoms with E-state index in [1.165, 1.54) is 22.8 Å². The first-order valence-electron chi connectivity index (χ1n) is 5.19. The first kappa shape index (κ1) is 11.5. The molecule has 1 aromatic rings. The second kappa shape index (κ2) is 4.48. The molecule has 0 bridgehead atoms. The highest BCUT2D eigenvalue weighted by molar-refractivity contribution is 7.89. The van der Waals surface area contributed by atoms with Crippen molar-refractivity contribution in [1.82, 2.24) is 9.29 Å². The first-order valence-corrected chi connectivity index (χ1v) is 6.63. The van der Waals surface area contributed by atoms with Crippen LogP contribution in [0.2, 0.25) is 0 Å². The van der Waals surface area contributed by atoms with Gasteiger partial charge in [0, 0.05) is 25.0 Å². The monoisotopic (exact) mass is 242 g/mol. The normalized spacial score (nSPS) is 16.6. The van der Waals surface area contributed by atoms with Crippen molar-refractivity contribution < 1.29 is 13.5 Å². The summed E-state index contributed by atoms with van der Waals surface area (Å²) in [6.07, 6.45) is 4.62. The van der Waals surface area contributed by atoms with Crippen LogP contribution in [0.3, 0.4) is 0 Å². The van der Waals surface area contributed by atoms with Crippen LogP contribution in [0, 0.1) is 0 Å². The summed E-state index contributed by atoms with van der Waals surface area (Å²) < 4.78 is 25.7. The predicted molar refractivity (Wildman–Crippen MR) is 58.2 cm³/mol. The number of sulfonamides is 1. The van der Waals surface area contributed by atoms with E-state index in [1.807, 2.05) is 0 Å². The number of hydrogen-bond donors (Lipinski definition) is 1. The third-order valence-electron chi connectivity index (χ3n) is 2.52. The molecule has 1 aliphatic carbocycles. The Kier molecular flexibility index (Phi) is 3.22. The van der Waals surface area contributed by atoms with Gasteiger partial charge in [-0.2, -0.15) is 4.31 Å². The maximum absolute atomic E-state index is 12.2. The second-order valence-corrected chi connectivity index (χ2v) is 5.65. The topological polar surface area (TPSA) is 70.5 Å². The van der Waals surface area contributed by atoms with E-state index in [-0.39, 0.29) is 24.1 Å². The molecule has 0 unspecified atom stereocenters. The quantitative estimate of drug-likeness (QED) is 0.802. The molecule has 0 aliphatic heterocycles. The van der Waals surface area contributed by atoms with Crippen molar-refractivity contribution in [3.05, 3.63) is 24.5 Å². The zero-order chi connectivity index (χ0) is 11.6. The van der Waals surface area contributed by atoms with Crippen molar-refractivity contribution in [3.8, 4) is 0 Å². The van der Waals surface area contributed by atoms with E-state index in [0.29, 0.717) is 0 Å². The van der Waals surface area contributed by atoms with Crippen molar-refractivity contribution in [2.45, 2.75) is 23.8 Å². The largest absolute Gasteiger partial charge is 0.395 e. The number of aromatic nitrogens is 1. The highest BCUT2D eigenvalue weighted by Crippen LogP contribution is 2.31. The van der Waals surface area contributed by atoms with Crippen molar-refractivity contribution in [2.75, 3.05) is 13.2 Å². The fraction of sp³-hybridized carbons (Fsp3) is 0.500. The summed E-state index contributed by atoms with van der Waals surface area (Å²) in [4.78, 5) is 4.00. The minimum absolute atomic E-state index is 0.0531. The molecule has 16 heavy (non-hydrogen) atoms. The third kappa shape index (κ3) is 2.23. The van der Waals surface area contributed by atoms with E-state index in [0.717, 1.165) is 12.8 Å².